The molecule has 9 nitrogen and oxygen atoms in total. The van der Waals surface area contributed by atoms with Crippen molar-refractivity contribution in [2.24, 2.45) is 0 Å². The number of H-pyrrole nitrogens is 1. The van der Waals surface area contributed by atoms with Crippen LogP contribution in [0.15, 0.2) is 33.9 Å². The molecule has 0 atom stereocenters. The van der Waals surface area contributed by atoms with E-state index in [9.17, 15) is 19.2 Å². The normalized spacial score (nSPS) is 14.9. The molecule has 27 heavy (non-hydrogen) atoms. The third-order valence-corrected chi connectivity index (χ3v) is 4.74. The van der Waals surface area contributed by atoms with E-state index in [0.29, 0.717) is 43.5 Å². The van der Waals surface area contributed by atoms with Crippen LogP contribution in [0.25, 0.3) is 10.9 Å². The zero-order valence-electron chi connectivity index (χ0n) is 15.1. The highest BCUT2D eigenvalue weighted by Crippen LogP contribution is 2.10. The molecule has 1 aliphatic heterocycles. The fourth-order valence-electron chi connectivity index (χ4n) is 3.31. The van der Waals surface area contributed by atoms with Crippen LogP contribution in [0.2, 0.25) is 0 Å². The van der Waals surface area contributed by atoms with Gasteiger partial charge in [-0.05, 0) is 18.6 Å². The zero-order valence-corrected chi connectivity index (χ0v) is 15.1. The number of methoxy groups -OCH3 is 1. The van der Waals surface area contributed by atoms with Gasteiger partial charge in [0.15, 0.2) is 0 Å². The van der Waals surface area contributed by atoms with E-state index in [1.54, 1.807) is 34.1 Å². The van der Waals surface area contributed by atoms with E-state index in [2.05, 4.69) is 4.98 Å². The van der Waals surface area contributed by atoms with E-state index < -0.39 is 17.3 Å². The van der Waals surface area contributed by atoms with Crippen molar-refractivity contribution in [3.05, 3.63) is 45.1 Å². The van der Waals surface area contributed by atoms with Crippen molar-refractivity contribution >= 4 is 22.9 Å². The van der Waals surface area contributed by atoms with Crippen LogP contribution in [-0.2, 0) is 16.1 Å². The third-order valence-electron chi connectivity index (χ3n) is 4.74. The number of aromatic nitrogens is 2. The van der Waals surface area contributed by atoms with Crippen molar-refractivity contribution in [2.75, 3.05) is 33.3 Å². The fraction of sp³-hybridized carbons (Fsp3) is 0.444. The molecule has 0 unspecified atom stereocenters. The van der Waals surface area contributed by atoms with Gasteiger partial charge >= 0.3 is 11.8 Å². The molecular weight excluding hydrogens is 352 g/mol. The number of para-hydroxylation sites is 1. The molecule has 2 amide bonds. The molecule has 9 heteroatoms. The SMILES string of the molecule is COC(=O)N1CCCN(C(=O)CCn2c(=O)[nH]c(=O)c3ccccc32)CC1. The highest BCUT2D eigenvalue weighted by atomic mass is 16.5. The molecule has 2 heterocycles. The number of amides is 2. The molecule has 3 rings (SSSR count). The largest absolute Gasteiger partial charge is 0.453 e. The average molecular weight is 374 g/mol. The number of ether oxygens (including phenoxy) is 1. The lowest BCUT2D eigenvalue weighted by molar-refractivity contribution is -0.131. The Morgan fingerprint density at radius 3 is 2.56 bits per heavy atom. The predicted molar refractivity (Wildman–Crippen MR) is 98.6 cm³/mol. The van der Waals surface area contributed by atoms with Gasteiger partial charge in [-0.1, -0.05) is 12.1 Å². The number of nitrogens with one attached hydrogen (secondary N) is 1. The molecule has 0 spiro atoms. The lowest BCUT2D eigenvalue weighted by Gasteiger charge is -2.21. The highest BCUT2D eigenvalue weighted by molar-refractivity contribution is 5.79. The van der Waals surface area contributed by atoms with Crippen molar-refractivity contribution in [2.45, 2.75) is 19.4 Å². The number of carbonyl (C=O) groups excluding carboxylic acids is 2. The third kappa shape index (κ3) is 4.02. The van der Waals surface area contributed by atoms with Crippen LogP contribution in [0.4, 0.5) is 4.79 Å². The molecule has 2 aromatic rings. The van der Waals surface area contributed by atoms with Crippen molar-refractivity contribution in [1.29, 1.82) is 0 Å². The number of carbonyl (C=O) groups is 2. The van der Waals surface area contributed by atoms with Gasteiger partial charge in [-0.15, -0.1) is 0 Å². The number of aromatic amines is 1. The van der Waals surface area contributed by atoms with Crippen LogP contribution < -0.4 is 11.2 Å². The second kappa shape index (κ2) is 8.07. The number of aryl methyl sites for hydroxylation is 1. The average Bonchev–Trinajstić information content (AvgIpc) is 2.93. The molecule has 1 fully saturated rings. The summed E-state index contributed by atoms with van der Waals surface area (Å²) in [6.07, 6.45) is 0.409. The Balaban J connectivity index is 1.70. The molecule has 0 aliphatic carbocycles. The monoisotopic (exact) mass is 374 g/mol. The molecule has 1 N–H and O–H groups in total. The van der Waals surface area contributed by atoms with Gasteiger partial charge < -0.3 is 14.5 Å². The van der Waals surface area contributed by atoms with Gasteiger partial charge in [0, 0.05) is 39.1 Å². The molecule has 1 aromatic carbocycles. The lowest BCUT2D eigenvalue weighted by atomic mass is 10.2. The van der Waals surface area contributed by atoms with Gasteiger partial charge in [0.25, 0.3) is 5.56 Å². The van der Waals surface area contributed by atoms with E-state index in [4.69, 9.17) is 4.74 Å². The summed E-state index contributed by atoms with van der Waals surface area (Å²) in [5, 5.41) is 0.410. The first kappa shape index (κ1) is 18.7. The van der Waals surface area contributed by atoms with Crippen LogP contribution >= 0.6 is 0 Å². The summed E-state index contributed by atoms with van der Waals surface area (Å²) < 4.78 is 6.14. The second-order valence-electron chi connectivity index (χ2n) is 6.37. The molecule has 0 saturated carbocycles. The lowest BCUT2D eigenvalue weighted by Crippen LogP contribution is -2.38. The number of hydrogen-bond acceptors (Lipinski definition) is 5. The van der Waals surface area contributed by atoms with Gasteiger partial charge in [0.1, 0.15) is 0 Å². The topological polar surface area (TPSA) is 105 Å². The Hall–Kier alpha value is -3.10. The minimum atomic E-state index is -0.528. The Morgan fingerprint density at radius 2 is 1.78 bits per heavy atom. The van der Waals surface area contributed by atoms with Crippen LogP contribution in [0.5, 0.6) is 0 Å². The van der Waals surface area contributed by atoms with E-state index >= 15 is 0 Å². The van der Waals surface area contributed by atoms with Crippen LogP contribution in [-0.4, -0.2) is 64.6 Å². The fourth-order valence-corrected chi connectivity index (χ4v) is 3.31. The Bertz CT molecular complexity index is 964. The molecule has 1 saturated heterocycles. The summed E-state index contributed by atoms with van der Waals surface area (Å²) in [5.41, 5.74) is -0.459. The first-order valence-corrected chi connectivity index (χ1v) is 8.84. The number of rotatable bonds is 3. The highest BCUT2D eigenvalue weighted by Gasteiger charge is 2.22. The number of benzene rings is 1. The summed E-state index contributed by atoms with van der Waals surface area (Å²) in [5.74, 6) is -0.0936. The summed E-state index contributed by atoms with van der Waals surface area (Å²) in [7, 11) is 1.34. The van der Waals surface area contributed by atoms with E-state index in [-0.39, 0.29) is 18.9 Å². The summed E-state index contributed by atoms with van der Waals surface area (Å²) in [6, 6.07) is 6.80. The number of hydrogen-bond donors (Lipinski definition) is 1. The Kier molecular flexibility index (Phi) is 5.58. The number of fused-ring (bicyclic) bond motifs is 1. The van der Waals surface area contributed by atoms with Crippen LogP contribution in [0.3, 0.4) is 0 Å². The molecule has 144 valence electrons. The molecule has 1 aliphatic rings. The van der Waals surface area contributed by atoms with Gasteiger partial charge in [0.05, 0.1) is 18.0 Å². The predicted octanol–water partition coefficient (Wildman–Crippen LogP) is 0.381. The van der Waals surface area contributed by atoms with E-state index in [0.717, 1.165) is 0 Å². The second-order valence-corrected chi connectivity index (χ2v) is 6.37. The van der Waals surface area contributed by atoms with Crippen LogP contribution in [0.1, 0.15) is 12.8 Å². The minimum Gasteiger partial charge on any atom is -0.453 e. The number of nitrogens with zero attached hydrogens (tertiary/aromatic N) is 3. The minimum absolute atomic E-state index is 0.0936. The van der Waals surface area contributed by atoms with Crippen molar-refractivity contribution < 1.29 is 14.3 Å². The van der Waals surface area contributed by atoms with Crippen molar-refractivity contribution in [1.82, 2.24) is 19.4 Å². The molecular formula is C18H22N4O5. The maximum Gasteiger partial charge on any atom is 0.409 e. The van der Waals surface area contributed by atoms with Gasteiger partial charge in [-0.25, -0.2) is 9.59 Å². The summed E-state index contributed by atoms with van der Waals surface area (Å²) >= 11 is 0. The first-order chi connectivity index (χ1) is 13.0. The zero-order chi connectivity index (χ0) is 19.4. The van der Waals surface area contributed by atoms with E-state index in [1.165, 1.54) is 11.7 Å². The maximum atomic E-state index is 12.6. The first-order valence-electron chi connectivity index (χ1n) is 8.84. The quantitative estimate of drug-likeness (QED) is 0.836. The Labute approximate surface area is 155 Å². The molecule has 1 aromatic heterocycles. The van der Waals surface area contributed by atoms with Gasteiger partial charge in [-0.3, -0.25) is 19.1 Å². The Morgan fingerprint density at radius 1 is 1.07 bits per heavy atom. The van der Waals surface area contributed by atoms with Gasteiger partial charge in [-0.2, -0.15) is 0 Å². The van der Waals surface area contributed by atoms with Gasteiger partial charge in [0.2, 0.25) is 5.91 Å². The summed E-state index contributed by atoms with van der Waals surface area (Å²) in [4.78, 5) is 53.9. The molecule has 0 bridgehead atoms. The van der Waals surface area contributed by atoms with Crippen molar-refractivity contribution in [3.63, 3.8) is 0 Å². The van der Waals surface area contributed by atoms with E-state index in [1.807, 2.05) is 0 Å². The standard InChI is InChI=1S/C18H22N4O5/c1-27-18(26)21-9-4-8-20(11-12-21)15(23)7-10-22-14-6-3-2-5-13(14)16(24)19-17(22)25/h2-3,5-6H,4,7-12H2,1H3,(H,19,24,25). The smallest absolute Gasteiger partial charge is 0.409 e. The maximum absolute atomic E-state index is 12.6. The van der Waals surface area contributed by atoms with Crippen molar-refractivity contribution in [3.8, 4) is 0 Å². The van der Waals surface area contributed by atoms with Crippen LogP contribution in [0, 0.1) is 0 Å². The summed E-state index contributed by atoms with van der Waals surface area (Å²) in [6.45, 7) is 2.11. The molecule has 0 radical (unpaired) electrons.